The summed E-state index contributed by atoms with van der Waals surface area (Å²) in [6.45, 7) is 0.285. The Balaban J connectivity index is 2.16. The van der Waals surface area contributed by atoms with Crippen molar-refractivity contribution in [3.8, 4) is 0 Å². The molecule has 5 nitrogen and oxygen atoms in total. The predicted octanol–water partition coefficient (Wildman–Crippen LogP) is 0.585. The lowest BCUT2D eigenvalue weighted by atomic mass is 9.93. The Labute approximate surface area is 111 Å². The molecule has 6 heteroatoms. The van der Waals surface area contributed by atoms with Gasteiger partial charge in [-0.3, -0.25) is 9.59 Å². The van der Waals surface area contributed by atoms with Gasteiger partial charge in [-0.25, -0.2) is 5.10 Å². The minimum absolute atomic E-state index is 0.0780. The molecule has 0 aromatic carbocycles. The number of hydrogen-bond acceptors (Lipinski definition) is 4. The molecule has 0 atom stereocenters. The van der Waals surface area contributed by atoms with Crippen molar-refractivity contribution in [3.05, 3.63) is 27.2 Å². The van der Waals surface area contributed by atoms with Gasteiger partial charge in [0.15, 0.2) is 0 Å². The summed E-state index contributed by atoms with van der Waals surface area (Å²) >= 11 is 4.00. The summed E-state index contributed by atoms with van der Waals surface area (Å²) in [5, 5.41) is 9.35. The monoisotopic (exact) mass is 267 g/mol. The summed E-state index contributed by atoms with van der Waals surface area (Å²) in [6, 6.07) is 0. The van der Waals surface area contributed by atoms with E-state index in [9.17, 15) is 9.59 Å². The Morgan fingerprint density at radius 3 is 2.94 bits per heavy atom. The van der Waals surface area contributed by atoms with Crippen LogP contribution in [0.3, 0.4) is 0 Å². The quantitative estimate of drug-likeness (QED) is 0.699. The number of carbonyl (C=O) groups excluding carboxylic acids is 1. The van der Waals surface area contributed by atoms with E-state index in [2.05, 4.69) is 28.1 Å². The van der Waals surface area contributed by atoms with Crippen molar-refractivity contribution in [2.24, 2.45) is 0 Å². The molecule has 1 aromatic heterocycles. The smallest absolute Gasteiger partial charge is 0.269 e. The van der Waals surface area contributed by atoms with Gasteiger partial charge in [0.2, 0.25) is 5.91 Å². The van der Waals surface area contributed by atoms with Gasteiger partial charge in [-0.1, -0.05) is 0 Å². The zero-order valence-corrected chi connectivity index (χ0v) is 11.1. The number of hydrogen-bond donors (Lipinski definition) is 3. The Morgan fingerprint density at radius 2 is 2.17 bits per heavy atom. The maximum atomic E-state index is 11.8. The zero-order valence-electron chi connectivity index (χ0n) is 10.2. The van der Waals surface area contributed by atoms with Crippen molar-refractivity contribution in [1.82, 2.24) is 15.5 Å². The van der Waals surface area contributed by atoms with E-state index in [0.29, 0.717) is 17.7 Å². The Bertz CT molecular complexity index is 499. The molecular weight excluding hydrogens is 250 g/mol. The van der Waals surface area contributed by atoms with Crippen molar-refractivity contribution in [2.45, 2.75) is 38.6 Å². The van der Waals surface area contributed by atoms with Crippen LogP contribution in [0.15, 0.2) is 4.79 Å². The topological polar surface area (TPSA) is 74.8 Å². The Kier molecular flexibility index (Phi) is 4.41. The summed E-state index contributed by atoms with van der Waals surface area (Å²) in [5.41, 5.74) is 2.46. The van der Waals surface area contributed by atoms with Crippen molar-refractivity contribution in [3.63, 3.8) is 0 Å². The number of amides is 1. The average molecular weight is 267 g/mol. The molecule has 98 valence electrons. The third kappa shape index (κ3) is 2.93. The minimum Gasteiger partial charge on any atom is -0.352 e. The minimum atomic E-state index is -0.193. The number of thiol groups is 1. The number of carbonyl (C=O) groups is 1. The van der Waals surface area contributed by atoms with Crippen LogP contribution in [0.2, 0.25) is 0 Å². The third-order valence-electron chi connectivity index (χ3n) is 3.17. The van der Waals surface area contributed by atoms with Gasteiger partial charge in [0.25, 0.3) is 5.56 Å². The summed E-state index contributed by atoms with van der Waals surface area (Å²) in [4.78, 5) is 23.2. The number of fused-ring (bicyclic) bond motifs is 1. The highest BCUT2D eigenvalue weighted by Crippen LogP contribution is 2.19. The highest BCUT2D eigenvalue weighted by Gasteiger charge is 2.17. The lowest BCUT2D eigenvalue weighted by molar-refractivity contribution is -0.120. The Hall–Kier alpha value is -1.30. The fourth-order valence-electron chi connectivity index (χ4n) is 2.22. The molecule has 0 unspecified atom stereocenters. The van der Waals surface area contributed by atoms with Gasteiger partial charge in [0.1, 0.15) is 0 Å². The molecule has 2 N–H and O–H groups in total. The van der Waals surface area contributed by atoms with E-state index in [1.165, 1.54) is 0 Å². The lowest BCUT2D eigenvalue weighted by Gasteiger charge is -2.17. The molecule has 1 amide bonds. The second kappa shape index (κ2) is 6.04. The first-order valence-corrected chi connectivity index (χ1v) is 6.82. The van der Waals surface area contributed by atoms with Crippen LogP contribution in [0.5, 0.6) is 0 Å². The first kappa shape index (κ1) is 13.1. The van der Waals surface area contributed by atoms with Crippen LogP contribution in [-0.2, 0) is 24.2 Å². The van der Waals surface area contributed by atoms with E-state index in [4.69, 9.17) is 0 Å². The molecule has 1 aliphatic rings. The van der Waals surface area contributed by atoms with Gasteiger partial charge in [0.05, 0.1) is 5.69 Å². The molecule has 0 fully saturated rings. The fourth-order valence-corrected chi connectivity index (χ4v) is 2.43. The lowest BCUT2D eigenvalue weighted by Crippen LogP contribution is -2.30. The summed E-state index contributed by atoms with van der Waals surface area (Å²) in [6.07, 6.45) is 4.34. The molecule has 0 aliphatic heterocycles. The highest BCUT2D eigenvalue weighted by molar-refractivity contribution is 7.80. The van der Waals surface area contributed by atoms with Gasteiger partial charge in [0, 0.05) is 18.5 Å². The molecule has 18 heavy (non-hydrogen) atoms. The van der Waals surface area contributed by atoms with Gasteiger partial charge in [-0.2, -0.15) is 17.7 Å². The normalized spacial score (nSPS) is 14.1. The standard InChI is InChI=1S/C12H17N3O2S/c16-11(5-6-18)13-7-9-8-3-1-2-4-10(8)14-15-12(9)17/h18H,1-7H2,(H,13,16)(H,15,17). The number of nitrogens with zero attached hydrogens (tertiary/aromatic N) is 1. The SMILES string of the molecule is O=C(CCS)NCc1c2c(n[nH]c1=O)CCCC2. The van der Waals surface area contributed by atoms with Crippen LogP contribution in [0.1, 0.15) is 36.1 Å². The molecule has 0 bridgehead atoms. The maximum absolute atomic E-state index is 11.8. The predicted molar refractivity (Wildman–Crippen MR) is 71.8 cm³/mol. The molecule has 0 saturated carbocycles. The molecule has 0 spiro atoms. The van der Waals surface area contributed by atoms with E-state index in [1.54, 1.807) is 0 Å². The second-order valence-electron chi connectivity index (χ2n) is 4.41. The maximum Gasteiger partial charge on any atom is 0.269 e. The molecule has 1 heterocycles. The van der Waals surface area contributed by atoms with Crippen molar-refractivity contribution in [2.75, 3.05) is 5.75 Å². The van der Waals surface area contributed by atoms with Crippen molar-refractivity contribution < 1.29 is 4.79 Å². The van der Waals surface area contributed by atoms with E-state index < -0.39 is 0 Å². The third-order valence-corrected chi connectivity index (χ3v) is 3.39. The number of aromatic amines is 1. The van der Waals surface area contributed by atoms with Crippen LogP contribution in [0.4, 0.5) is 0 Å². The van der Waals surface area contributed by atoms with Crippen LogP contribution in [0, 0.1) is 0 Å². The highest BCUT2D eigenvalue weighted by atomic mass is 32.1. The number of aryl methyl sites for hydroxylation is 1. The van der Waals surface area contributed by atoms with Crippen LogP contribution < -0.4 is 10.9 Å². The Morgan fingerprint density at radius 1 is 1.39 bits per heavy atom. The summed E-state index contributed by atoms with van der Waals surface area (Å²) < 4.78 is 0. The molecule has 1 aromatic rings. The summed E-state index contributed by atoms with van der Waals surface area (Å²) in [5.74, 6) is 0.433. The first-order valence-electron chi connectivity index (χ1n) is 6.19. The van der Waals surface area contributed by atoms with E-state index in [1.807, 2.05) is 0 Å². The van der Waals surface area contributed by atoms with Gasteiger partial charge in [-0.05, 0) is 37.0 Å². The molecular formula is C12H17N3O2S. The molecule has 0 saturated heterocycles. The van der Waals surface area contributed by atoms with E-state index in [0.717, 1.165) is 36.9 Å². The average Bonchev–Trinajstić information content (AvgIpc) is 2.38. The number of H-pyrrole nitrogens is 1. The van der Waals surface area contributed by atoms with Crippen LogP contribution in [-0.4, -0.2) is 21.9 Å². The van der Waals surface area contributed by atoms with Gasteiger partial charge < -0.3 is 5.32 Å². The first-order chi connectivity index (χ1) is 8.72. The van der Waals surface area contributed by atoms with Crippen molar-refractivity contribution in [1.29, 1.82) is 0 Å². The number of aromatic nitrogens is 2. The zero-order chi connectivity index (χ0) is 13.0. The van der Waals surface area contributed by atoms with E-state index in [-0.39, 0.29) is 18.0 Å². The van der Waals surface area contributed by atoms with Gasteiger partial charge >= 0.3 is 0 Å². The molecule has 0 radical (unpaired) electrons. The molecule has 1 aliphatic carbocycles. The van der Waals surface area contributed by atoms with E-state index >= 15 is 0 Å². The second-order valence-corrected chi connectivity index (χ2v) is 4.86. The largest absolute Gasteiger partial charge is 0.352 e. The van der Waals surface area contributed by atoms with Crippen LogP contribution in [0.25, 0.3) is 0 Å². The molecule has 2 rings (SSSR count). The number of rotatable bonds is 4. The van der Waals surface area contributed by atoms with Gasteiger partial charge in [-0.15, -0.1) is 0 Å². The fraction of sp³-hybridized carbons (Fsp3) is 0.583. The summed E-state index contributed by atoms with van der Waals surface area (Å²) in [7, 11) is 0. The van der Waals surface area contributed by atoms with Crippen molar-refractivity contribution >= 4 is 18.5 Å². The number of nitrogens with one attached hydrogen (secondary N) is 2. The van der Waals surface area contributed by atoms with Crippen LogP contribution >= 0.6 is 12.6 Å².